The summed E-state index contributed by atoms with van der Waals surface area (Å²) in [5.41, 5.74) is 1.88. The number of Topliss-reactive ketones (excluding diaryl/α,β-unsaturated/α-hetero) is 1. The molecule has 2 aromatic rings. The summed E-state index contributed by atoms with van der Waals surface area (Å²) in [7, 11) is 0. The molecule has 0 aliphatic carbocycles. The van der Waals surface area contributed by atoms with Crippen molar-refractivity contribution in [1.82, 2.24) is 0 Å². The topological polar surface area (TPSA) is 69.4 Å². The molecule has 0 bridgehead atoms. The first-order valence-electron chi connectivity index (χ1n) is 7.51. The van der Waals surface area contributed by atoms with E-state index in [4.69, 9.17) is 4.74 Å². The van der Waals surface area contributed by atoms with Gasteiger partial charge in [-0.2, -0.15) is 0 Å². The number of nitro groups is 1. The lowest BCUT2D eigenvalue weighted by molar-refractivity contribution is -0.384. The van der Waals surface area contributed by atoms with Gasteiger partial charge >= 0.3 is 0 Å². The molecule has 3 atom stereocenters. The Balaban J connectivity index is 1.87. The fraction of sp³-hybridized carbons (Fsp3) is 0.278. The maximum Gasteiger partial charge on any atom is 0.269 e. The molecule has 2 aromatic carbocycles. The zero-order valence-corrected chi connectivity index (χ0v) is 12.7. The van der Waals surface area contributed by atoms with E-state index in [0.29, 0.717) is 6.42 Å². The molecule has 3 rings (SSSR count). The average Bonchev–Trinajstić information content (AvgIpc) is 3.01. The Morgan fingerprint density at radius 3 is 2.30 bits per heavy atom. The molecule has 1 saturated heterocycles. The van der Waals surface area contributed by atoms with Crippen LogP contribution >= 0.6 is 0 Å². The van der Waals surface area contributed by atoms with E-state index in [1.165, 1.54) is 12.1 Å². The van der Waals surface area contributed by atoms with Crippen LogP contribution in [-0.2, 0) is 9.53 Å². The number of rotatable bonds is 4. The first-order chi connectivity index (χ1) is 11.1. The van der Waals surface area contributed by atoms with Gasteiger partial charge in [0, 0.05) is 12.1 Å². The van der Waals surface area contributed by atoms with Gasteiger partial charge in [0.1, 0.15) is 5.78 Å². The van der Waals surface area contributed by atoms with Crippen molar-refractivity contribution in [2.45, 2.75) is 25.6 Å². The van der Waals surface area contributed by atoms with Crippen LogP contribution in [0.5, 0.6) is 0 Å². The van der Waals surface area contributed by atoms with Crippen LogP contribution in [-0.4, -0.2) is 10.7 Å². The highest BCUT2D eigenvalue weighted by atomic mass is 16.6. The minimum Gasteiger partial charge on any atom is -0.365 e. The number of benzene rings is 2. The Hall–Kier alpha value is -2.53. The fourth-order valence-corrected chi connectivity index (χ4v) is 3.04. The summed E-state index contributed by atoms with van der Waals surface area (Å²) in [5.74, 6) is -0.159. The summed E-state index contributed by atoms with van der Waals surface area (Å²) in [5, 5.41) is 10.8. The zero-order chi connectivity index (χ0) is 16.4. The van der Waals surface area contributed by atoms with E-state index < -0.39 is 4.92 Å². The molecule has 118 valence electrons. The van der Waals surface area contributed by atoms with Crippen molar-refractivity contribution in [2.24, 2.45) is 5.92 Å². The molecule has 0 aromatic heterocycles. The van der Waals surface area contributed by atoms with E-state index in [2.05, 4.69) is 0 Å². The minimum atomic E-state index is -0.436. The fourth-order valence-electron chi connectivity index (χ4n) is 3.04. The van der Waals surface area contributed by atoms with Crippen LogP contribution in [0.25, 0.3) is 0 Å². The Kier molecular flexibility index (Phi) is 4.21. The van der Waals surface area contributed by atoms with Crippen LogP contribution in [0.1, 0.15) is 36.7 Å². The van der Waals surface area contributed by atoms with E-state index in [9.17, 15) is 14.9 Å². The molecule has 5 nitrogen and oxygen atoms in total. The van der Waals surface area contributed by atoms with E-state index in [-0.39, 0.29) is 29.6 Å². The molecule has 1 heterocycles. The SMILES string of the molecule is CC(=O)C1CC(c2ccccc2)OC1c1ccc([N+](=O)[O-])cc1. The van der Waals surface area contributed by atoms with Crippen LogP contribution in [0.3, 0.4) is 0 Å². The Morgan fingerprint density at radius 1 is 1.09 bits per heavy atom. The maximum atomic E-state index is 12.0. The lowest BCUT2D eigenvalue weighted by Crippen LogP contribution is -2.15. The third kappa shape index (κ3) is 3.14. The van der Waals surface area contributed by atoms with Crippen molar-refractivity contribution in [3.63, 3.8) is 0 Å². The number of ketones is 1. The lowest BCUT2D eigenvalue weighted by Gasteiger charge is -2.17. The van der Waals surface area contributed by atoms with Crippen LogP contribution in [0, 0.1) is 16.0 Å². The summed E-state index contributed by atoms with van der Waals surface area (Å²) in [6.07, 6.45) is 0.130. The Bertz CT molecular complexity index is 712. The van der Waals surface area contributed by atoms with Gasteiger partial charge in [-0.15, -0.1) is 0 Å². The van der Waals surface area contributed by atoms with Gasteiger partial charge in [-0.3, -0.25) is 14.9 Å². The van der Waals surface area contributed by atoms with Crippen molar-refractivity contribution in [1.29, 1.82) is 0 Å². The van der Waals surface area contributed by atoms with E-state index in [1.54, 1.807) is 19.1 Å². The minimum absolute atomic E-state index is 0.0331. The number of nitro benzene ring substituents is 1. The first-order valence-corrected chi connectivity index (χ1v) is 7.51. The smallest absolute Gasteiger partial charge is 0.269 e. The average molecular weight is 311 g/mol. The third-order valence-corrected chi connectivity index (χ3v) is 4.27. The normalized spacial score (nSPS) is 23.6. The Morgan fingerprint density at radius 2 is 1.74 bits per heavy atom. The van der Waals surface area contributed by atoms with Crippen LogP contribution < -0.4 is 0 Å². The number of non-ortho nitro benzene ring substituents is 1. The summed E-state index contributed by atoms with van der Waals surface area (Å²) < 4.78 is 6.12. The molecular formula is C18H17NO4. The summed E-state index contributed by atoms with van der Waals surface area (Å²) >= 11 is 0. The molecule has 0 amide bonds. The number of carbonyl (C=O) groups excluding carboxylic acids is 1. The number of hydrogen-bond acceptors (Lipinski definition) is 4. The highest BCUT2D eigenvalue weighted by Crippen LogP contribution is 2.45. The van der Waals surface area contributed by atoms with Crippen molar-refractivity contribution in [3.05, 3.63) is 75.8 Å². The van der Waals surface area contributed by atoms with Crippen molar-refractivity contribution >= 4 is 11.5 Å². The standard InChI is InChI=1S/C18H17NO4/c1-12(20)16-11-17(13-5-3-2-4-6-13)23-18(16)14-7-9-15(10-8-14)19(21)22/h2-10,16-18H,11H2,1H3. The predicted octanol–water partition coefficient (Wildman–Crippen LogP) is 4.00. The van der Waals surface area contributed by atoms with Crippen molar-refractivity contribution < 1.29 is 14.5 Å². The first kappa shape index (κ1) is 15.4. The molecular weight excluding hydrogens is 294 g/mol. The second kappa shape index (κ2) is 6.30. The molecule has 3 unspecified atom stereocenters. The molecule has 5 heteroatoms. The predicted molar refractivity (Wildman–Crippen MR) is 84.9 cm³/mol. The largest absolute Gasteiger partial charge is 0.365 e. The summed E-state index contributed by atoms with van der Waals surface area (Å²) in [4.78, 5) is 22.3. The lowest BCUT2D eigenvalue weighted by atomic mass is 9.90. The number of ether oxygens (including phenoxy) is 1. The summed E-state index contributed by atoms with van der Waals surface area (Å²) in [6.45, 7) is 1.57. The molecule has 1 aliphatic heterocycles. The molecule has 1 aliphatic rings. The number of nitrogens with zero attached hydrogens (tertiary/aromatic N) is 1. The van der Waals surface area contributed by atoms with E-state index in [0.717, 1.165) is 11.1 Å². The molecule has 23 heavy (non-hydrogen) atoms. The van der Waals surface area contributed by atoms with Gasteiger partial charge < -0.3 is 4.74 Å². The van der Waals surface area contributed by atoms with Gasteiger partial charge in [0.25, 0.3) is 5.69 Å². The second-order valence-electron chi connectivity index (χ2n) is 5.76. The maximum absolute atomic E-state index is 12.0. The van der Waals surface area contributed by atoms with Gasteiger partial charge in [-0.05, 0) is 36.6 Å². The van der Waals surface area contributed by atoms with Crippen LogP contribution in [0.4, 0.5) is 5.69 Å². The van der Waals surface area contributed by atoms with Crippen LogP contribution in [0.2, 0.25) is 0 Å². The van der Waals surface area contributed by atoms with Gasteiger partial charge in [0.05, 0.1) is 23.0 Å². The monoisotopic (exact) mass is 311 g/mol. The van der Waals surface area contributed by atoms with Crippen molar-refractivity contribution in [2.75, 3.05) is 0 Å². The highest BCUT2D eigenvalue weighted by molar-refractivity contribution is 5.79. The van der Waals surface area contributed by atoms with Crippen molar-refractivity contribution in [3.8, 4) is 0 Å². The molecule has 0 N–H and O–H groups in total. The molecule has 0 spiro atoms. The van der Waals surface area contributed by atoms with Crippen LogP contribution in [0.15, 0.2) is 54.6 Å². The Labute approximate surface area is 134 Å². The number of carbonyl (C=O) groups is 1. The van der Waals surface area contributed by atoms with E-state index in [1.807, 2.05) is 30.3 Å². The quantitative estimate of drug-likeness (QED) is 0.632. The highest BCUT2D eigenvalue weighted by Gasteiger charge is 2.39. The van der Waals surface area contributed by atoms with Gasteiger partial charge in [-0.25, -0.2) is 0 Å². The molecule has 1 fully saturated rings. The third-order valence-electron chi connectivity index (χ3n) is 4.27. The second-order valence-corrected chi connectivity index (χ2v) is 5.76. The molecule has 0 radical (unpaired) electrons. The zero-order valence-electron chi connectivity index (χ0n) is 12.7. The van der Waals surface area contributed by atoms with E-state index >= 15 is 0 Å². The summed E-state index contributed by atoms with van der Waals surface area (Å²) in [6, 6.07) is 16.0. The van der Waals surface area contributed by atoms with Gasteiger partial charge in [0.15, 0.2) is 0 Å². The van der Waals surface area contributed by atoms with Gasteiger partial charge in [0.2, 0.25) is 0 Å². The number of hydrogen-bond donors (Lipinski definition) is 0. The molecule has 0 saturated carbocycles. The van der Waals surface area contributed by atoms with Gasteiger partial charge in [-0.1, -0.05) is 30.3 Å².